The Balaban J connectivity index is 1.99. The largest absolute Gasteiger partial charge is 0.256 e. The molecule has 2 aromatic carbocycles. The van der Waals surface area contributed by atoms with E-state index < -0.39 is 0 Å². The van der Waals surface area contributed by atoms with Crippen LogP contribution < -0.4 is 0 Å². The third-order valence-corrected chi connectivity index (χ3v) is 5.10. The maximum atomic E-state index is 4.75. The number of nitrogens with zero attached hydrogens (tertiary/aromatic N) is 3. The van der Waals surface area contributed by atoms with Crippen LogP contribution in [0.1, 0.15) is 0 Å². The topological polar surface area (TPSA) is 38.1 Å². The van der Waals surface area contributed by atoms with Crippen molar-refractivity contribution in [1.82, 2.24) is 9.97 Å². The normalized spacial score (nSPS) is 12.8. The van der Waals surface area contributed by atoms with E-state index in [0.29, 0.717) is 5.95 Å². The molecule has 0 spiro atoms. The van der Waals surface area contributed by atoms with E-state index in [1.165, 1.54) is 20.9 Å². The molecule has 4 heteroatoms. The van der Waals surface area contributed by atoms with Crippen molar-refractivity contribution in [3.63, 3.8) is 0 Å². The minimum atomic E-state index is -0.328. The Hall–Kier alpha value is -2.33. The fourth-order valence-electron chi connectivity index (χ4n) is 2.35. The Bertz CT molecular complexity index is 765. The van der Waals surface area contributed by atoms with Gasteiger partial charge in [-0.2, -0.15) is 4.36 Å². The molecular formula is C16H11N3S. The van der Waals surface area contributed by atoms with E-state index in [2.05, 4.69) is 58.5 Å². The number of fused-ring (bicyclic) bond motifs is 3. The molecule has 0 fully saturated rings. The maximum absolute atomic E-state index is 4.75. The molecule has 0 unspecified atom stereocenters. The standard InChI is InChI=1S/C16H11N3S/c1-3-8-14-12(6-1)13-7-2-4-9-15(13)20(14)19-16-17-10-5-11-18-16/h1-11H. The lowest BCUT2D eigenvalue weighted by atomic mass is 10.1. The Morgan fingerprint density at radius 3 is 1.85 bits per heavy atom. The lowest BCUT2D eigenvalue weighted by Crippen LogP contribution is -1.88. The lowest BCUT2D eigenvalue weighted by molar-refractivity contribution is 1.14. The van der Waals surface area contributed by atoms with Gasteiger partial charge < -0.3 is 0 Å². The van der Waals surface area contributed by atoms with E-state index in [1.54, 1.807) is 18.5 Å². The Morgan fingerprint density at radius 1 is 0.700 bits per heavy atom. The second-order valence-electron chi connectivity index (χ2n) is 4.42. The first-order valence-electron chi connectivity index (χ1n) is 6.35. The van der Waals surface area contributed by atoms with Crippen LogP contribution in [-0.4, -0.2) is 9.97 Å². The summed E-state index contributed by atoms with van der Waals surface area (Å²) in [6.45, 7) is 0. The maximum Gasteiger partial charge on any atom is 0.256 e. The van der Waals surface area contributed by atoms with E-state index in [4.69, 9.17) is 4.36 Å². The smallest absolute Gasteiger partial charge is 0.219 e. The molecule has 1 aliphatic heterocycles. The van der Waals surface area contributed by atoms with Crippen molar-refractivity contribution in [2.75, 3.05) is 0 Å². The summed E-state index contributed by atoms with van der Waals surface area (Å²) in [5.74, 6) is 0.544. The highest BCUT2D eigenvalue weighted by Gasteiger charge is 2.23. The van der Waals surface area contributed by atoms with E-state index in [0.717, 1.165) is 0 Å². The SMILES string of the molecule is c1cnc(N=S2c3ccccc3-c3ccccc32)nc1. The highest BCUT2D eigenvalue weighted by atomic mass is 32.2. The molecule has 20 heavy (non-hydrogen) atoms. The molecule has 0 radical (unpaired) electrons. The molecule has 0 amide bonds. The summed E-state index contributed by atoms with van der Waals surface area (Å²) in [6.07, 6.45) is 3.45. The zero-order chi connectivity index (χ0) is 13.4. The van der Waals surface area contributed by atoms with Gasteiger partial charge in [-0.05, 0) is 40.0 Å². The molecule has 0 saturated heterocycles. The summed E-state index contributed by atoms with van der Waals surface area (Å²) in [6, 6.07) is 18.7. The van der Waals surface area contributed by atoms with Crippen molar-refractivity contribution >= 4 is 16.6 Å². The van der Waals surface area contributed by atoms with Gasteiger partial charge in [-0.1, -0.05) is 36.4 Å². The number of hydrogen-bond acceptors (Lipinski definition) is 3. The van der Waals surface area contributed by atoms with Crippen LogP contribution in [0.3, 0.4) is 0 Å². The average molecular weight is 277 g/mol. The second kappa shape index (κ2) is 4.65. The van der Waals surface area contributed by atoms with E-state index >= 15 is 0 Å². The third-order valence-electron chi connectivity index (χ3n) is 3.21. The quantitative estimate of drug-likeness (QED) is 0.527. The Kier molecular flexibility index (Phi) is 2.67. The van der Waals surface area contributed by atoms with Gasteiger partial charge in [0.2, 0.25) is 0 Å². The van der Waals surface area contributed by atoms with Crippen LogP contribution in [0.5, 0.6) is 0 Å². The van der Waals surface area contributed by atoms with Gasteiger partial charge in [-0.3, -0.25) is 0 Å². The minimum Gasteiger partial charge on any atom is -0.219 e. The molecule has 96 valence electrons. The molecule has 3 aromatic rings. The monoisotopic (exact) mass is 277 g/mol. The average Bonchev–Trinajstić information content (AvgIpc) is 2.84. The zero-order valence-corrected chi connectivity index (χ0v) is 11.4. The van der Waals surface area contributed by atoms with Gasteiger partial charge in [0, 0.05) is 22.2 Å². The molecule has 0 atom stereocenters. The first kappa shape index (κ1) is 11.5. The van der Waals surface area contributed by atoms with Gasteiger partial charge in [0.25, 0.3) is 5.95 Å². The number of aromatic nitrogens is 2. The van der Waals surface area contributed by atoms with Crippen molar-refractivity contribution in [2.24, 2.45) is 4.36 Å². The Labute approximate surface area is 119 Å². The van der Waals surface area contributed by atoms with Crippen LogP contribution in [0.2, 0.25) is 0 Å². The molecular weight excluding hydrogens is 266 g/mol. The van der Waals surface area contributed by atoms with Crippen LogP contribution >= 0.6 is 0 Å². The zero-order valence-electron chi connectivity index (χ0n) is 10.6. The molecule has 0 saturated carbocycles. The molecule has 0 aliphatic carbocycles. The van der Waals surface area contributed by atoms with Crippen molar-refractivity contribution in [3.8, 4) is 11.1 Å². The van der Waals surface area contributed by atoms with E-state index in [1.807, 2.05) is 0 Å². The summed E-state index contributed by atoms with van der Waals surface area (Å²) in [5, 5.41) is 0. The molecule has 1 aromatic heterocycles. The Morgan fingerprint density at radius 2 is 1.25 bits per heavy atom. The van der Waals surface area contributed by atoms with E-state index in [-0.39, 0.29) is 10.7 Å². The highest BCUT2D eigenvalue weighted by molar-refractivity contribution is 7.88. The van der Waals surface area contributed by atoms with Crippen LogP contribution in [0.15, 0.2) is 81.1 Å². The molecule has 0 bridgehead atoms. The van der Waals surface area contributed by atoms with Crippen LogP contribution in [0.25, 0.3) is 11.1 Å². The first-order chi connectivity index (χ1) is 9.93. The number of benzene rings is 2. The molecule has 0 N–H and O–H groups in total. The molecule has 3 nitrogen and oxygen atoms in total. The second-order valence-corrected chi connectivity index (χ2v) is 6.05. The number of hydrogen-bond donors (Lipinski definition) is 0. The lowest BCUT2D eigenvalue weighted by Gasteiger charge is -2.02. The summed E-state index contributed by atoms with van der Waals surface area (Å²) >= 11 is 0. The van der Waals surface area contributed by atoms with Gasteiger partial charge in [0.15, 0.2) is 0 Å². The summed E-state index contributed by atoms with van der Waals surface area (Å²) in [5.41, 5.74) is 2.54. The number of rotatable bonds is 1. The minimum absolute atomic E-state index is 0.328. The van der Waals surface area contributed by atoms with Gasteiger partial charge in [-0.15, -0.1) is 0 Å². The highest BCUT2D eigenvalue weighted by Crippen LogP contribution is 2.41. The van der Waals surface area contributed by atoms with Crippen LogP contribution in [-0.2, 0) is 10.7 Å². The van der Waals surface area contributed by atoms with Gasteiger partial charge in [-0.25, -0.2) is 9.97 Å². The molecule has 2 heterocycles. The predicted octanol–water partition coefficient (Wildman–Crippen LogP) is 4.01. The van der Waals surface area contributed by atoms with Crippen molar-refractivity contribution in [3.05, 3.63) is 67.0 Å². The van der Waals surface area contributed by atoms with Crippen LogP contribution in [0, 0.1) is 0 Å². The fraction of sp³-hybridized carbons (Fsp3) is 0. The summed E-state index contributed by atoms with van der Waals surface area (Å²) in [7, 11) is -0.328. The van der Waals surface area contributed by atoms with Crippen molar-refractivity contribution in [2.45, 2.75) is 9.79 Å². The van der Waals surface area contributed by atoms with Gasteiger partial charge in [0.05, 0.1) is 0 Å². The molecule has 4 rings (SSSR count). The first-order valence-corrected chi connectivity index (χ1v) is 7.53. The van der Waals surface area contributed by atoms with Crippen LogP contribution in [0.4, 0.5) is 5.95 Å². The van der Waals surface area contributed by atoms with Gasteiger partial charge >= 0.3 is 0 Å². The predicted molar refractivity (Wildman–Crippen MR) is 79.9 cm³/mol. The summed E-state index contributed by atoms with van der Waals surface area (Å²) < 4.78 is 4.75. The van der Waals surface area contributed by atoms with Gasteiger partial charge in [0.1, 0.15) is 0 Å². The fourth-order valence-corrected chi connectivity index (χ4v) is 4.23. The van der Waals surface area contributed by atoms with E-state index in [9.17, 15) is 0 Å². The molecule has 1 aliphatic rings. The van der Waals surface area contributed by atoms with Crippen molar-refractivity contribution < 1.29 is 0 Å². The van der Waals surface area contributed by atoms with Crippen molar-refractivity contribution in [1.29, 1.82) is 0 Å². The third kappa shape index (κ3) is 1.77. The summed E-state index contributed by atoms with van der Waals surface area (Å²) in [4.78, 5) is 10.9.